The van der Waals surface area contributed by atoms with Crippen molar-refractivity contribution in [3.05, 3.63) is 36.2 Å². The van der Waals surface area contributed by atoms with Crippen molar-refractivity contribution in [3.63, 3.8) is 0 Å². The predicted octanol–water partition coefficient (Wildman–Crippen LogP) is 0.349. The fourth-order valence-corrected chi connectivity index (χ4v) is 2.33. The Labute approximate surface area is 116 Å². The molecule has 2 aromatic rings. The molecule has 0 spiro atoms. The lowest BCUT2D eigenvalue weighted by Crippen LogP contribution is -2.49. The molecule has 0 atom stereocenters. The molecule has 20 heavy (non-hydrogen) atoms. The molecule has 0 saturated carbocycles. The third-order valence-electron chi connectivity index (χ3n) is 3.39. The Hall–Kier alpha value is -2.57. The number of nitrogen functional groups attached to an aromatic ring is 1. The maximum Gasteiger partial charge on any atom is 0.291 e. The van der Waals surface area contributed by atoms with Crippen molar-refractivity contribution in [2.45, 2.75) is 0 Å². The second-order valence-electron chi connectivity index (χ2n) is 4.66. The van der Waals surface area contributed by atoms with E-state index in [4.69, 9.17) is 5.73 Å². The highest BCUT2D eigenvalue weighted by atomic mass is 16.2. The van der Waals surface area contributed by atoms with Crippen LogP contribution in [0.15, 0.2) is 30.3 Å². The normalized spacial score (nSPS) is 15.4. The first-order valence-electron chi connectivity index (χ1n) is 6.51. The zero-order valence-electron chi connectivity index (χ0n) is 11.0. The van der Waals surface area contributed by atoms with Crippen molar-refractivity contribution in [2.24, 2.45) is 0 Å². The summed E-state index contributed by atoms with van der Waals surface area (Å²) in [5, 5.41) is 6.23. The van der Waals surface area contributed by atoms with Gasteiger partial charge in [-0.15, -0.1) is 5.10 Å². The monoisotopic (exact) mass is 272 g/mol. The van der Waals surface area contributed by atoms with Crippen molar-refractivity contribution < 1.29 is 4.79 Å². The Morgan fingerprint density at radius 3 is 2.45 bits per heavy atom. The van der Waals surface area contributed by atoms with Gasteiger partial charge in [0.2, 0.25) is 11.8 Å². The number of aromatic amines is 1. The van der Waals surface area contributed by atoms with Crippen LogP contribution in [0.5, 0.6) is 0 Å². The van der Waals surface area contributed by atoms with Gasteiger partial charge in [-0.25, -0.2) is 0 Å². The van der Waals surface area contributed by atoms with E-state index in [9.17, 15) is 4.79 Å². The SMILES string of the molecule is Nc1n[nH]c(C(=O)N2CCN(c3ccccc3)CC2)n1. The van der Waals surface area contributed by atoms with Gasteiger partial charge in [0.05, 0.1) is 0 Å². The van der Waals surface area contributed by atoms with Crippen molar-refractivity contribution in [3.8, 4) is 0 Å². The number of nitrogens with one attached hydrogen (secondary N) is 1. The van der Waals surface area contributed by atoms with Crippen molar-refractivity contribution in [1.29, 1.82) is 0 Å². The summed E-state index contributed by atoms with van der Waals surface area (Å²) in [7, 11) is 0. The lowest BCUT2D eigenvalue weighted by molar-refractivity contribution is 0.0735. The minimum atomic E-state index is -0.151. The molecule has 1 aliphatic heterocycles. The van der Waals surface area contributed by atoms with E-state index in [1.165, 1.54) is 5.69 Å². The number of para-hydroxylation sites is 1. The summed E-state index contributed by atoms with van der Waals surface area (Å²) in [5.74, 6) is 0.147. The fraction of sp³-hybridized carbons (Fsp3) is 0.308. The number of nitrogens with zero attached hydrogens (tertiary/aromatic N) is 4. The van der Waals surface area contributed by atoms with Crippen molar-refractivity contribution in [1.82, 2.24) is 20.1 Å². The molecule has 1 amide bonds. The average molecular weight is 272 g/mol. The highest BCUT2D eigenvalue weighted by Crippen LogP contribution is 2.16. The molecule has 7 heteroatoms. The smallest absolute Gasteiger partial charge is 0.291 e. The Morgan fingerprint density at radius 2 is 1.85 bits per heavy atom. The number of anilines is 2. The average Bonchev–Trinajstić information content (AvgIpc) is 2.94. The van der Waals surface area contributed by atoms with E-state index in [1.807, 2.05) is 18.2 Å². The second kappa shape index (κ2) is 5.20. The van der Waals surface area contributed by atoms with Crippen LogP contribution in [-0.4, -0.2) is 52.2 Å². The van der Waals surface area contributed by atoms with Crippen molar-refractivity contribution in [2.75, 3.05) is 36.8 Å². The molecule has 0 aliphatic carbocycles. The summed E-state index contributed by atoms with van der Waals surface area (Å²) in [5.41, 5.74) is 6.60. The molecule has 0 unspecified atom stereocenters. The number of nitrogens with two attached hydrogens (primary N) is 1. The van der Waals surface area contributed by atoms with Crippen LogP contribution in [-0.2, 0) is 0 Å². The first-order chi connectivity index (χ1) is 9.74. The molecule has 1 aromatic heterocycles. The minimum absolute atomic E-state index is 0.0938. The van der Waals surface area contributed by atoms with E-state index in [2.05, 4.69) is 32.2 Å². The summed E-state index contributed by atoms with van der Waals surface area (Å²) < 4.78 is 0. The molecule has 7 nitrogen and oxygen atoms in total. The van der Waals surface area contributed by atoms with Gasteiger partial charge in [0.15, 0.2) is 0 Å². The molecular weight excluding hydrogens is 256 g/mol. The summed E-state index contributed by atoms with van der Waals surface area (Å²) in [6.07, 6.45) is 0. The number of carbonyl (C=O) groups excluding carboxylic acids is 1. The topological polar surface area (TPSA) is 91.1 Å². The molecular formula is C13H16N6O. The van der Waals surface area contributed by atoms with E-state index >= 15 is 0 Å². The van der Waals surface area contributed by atoms with Crippen LogP contribution in [0.4, 0.5) is 11.6 Å². The van der Waals surface area contributed by atoms with E-state index in [1.54, 1.807) is 4.90 Å². The lowest BCUT2D eigenvalue weighted by Gasteiger charge is -2.35. The third-order valence-corrected chi connectivity index (χ3v) is 3.39. The molecule has 0 radical (unpaired) electrons. The second-order valence-corrected chi connectivity index (χ2v) is 4.66. The van der Waals surface area contributed by atoms with Gasteiger partial charge >= 0.3 is 0 Å². The summed E-state index contributed by atoms with van der Waals surface area (Å²) in [4.78, 5) is 20.1. The first kappa shape index (κ1) is 12.5. The van der Waals surface area contributed by atoms with Gasteiger partial charge in [0.25, 0.3) is 5.91 Å². The number of rotatable bonds is 2. The van der Waals surface area contributed by atoms with Gasteiger partial charge < -0.3 is 15.5 Å². The largest absolute Gasteiger partial charge is 0.368 e. The number of H-pyrrole nitrogens is 1. The van der Waals surface area contributed by atoms with Crippen LogP contribution in [0.25, 0.3) is 0 Å². The van der Waals surface area contributed by atoms with E-state index in [-0.39, 0.29) is 17.7 Å². The number of aromatic nitrogens is 3. The van der Waals surface area contributed by atoms with Crippen LogP contribution in [0, 0.1) is 0 Å². The van der Waals surface area contributed by atoms with Gasteiger partial charge in [-0.2, -0.15) is 4.98 Å². The van der Waals surface area contributed by atoms with Gasteiger partial charge in [-0.1, -0.05) is 18.2 Å². The molecule has 3 rings (SSSR count). The molecule has 2 heterocycles. The number of carbonyl (C=O) groups is 1. The molecule has 104 valence electrons. The predicted molar refractivity (Wildman–Crippen MR) is 75.4 cm³/mol. The quantitative estimate of drug-likeness (QED) is 0.823. The first-order valence-corrected chi connectivity index (χ1v) is 6.51. The highest BCUT2D eigenvalue weighted by molar-refractivity contribution is 5.90. The van der Waals surface area contributed by atoms with Gasteiger partial charge in [-0.3, -0.25) is 9.89 Å². The summed E-state index contributed by atoms with van der Waals surface area (Å²) in [6, 6.07) is 10.2. The van der Waals surface area contributed by atoms with Crippen LogP contribution in [0.2, 0.25) is 0 Å². The van der Waals surface area contributed by atoms with Crippen LogP contribution >= 0.6 is 0 Å². The van der Waals surface area contributed by atoms with E-state index in [0.29, 0.717) is 13.1 Å². The molecule has 1 fully saturated rings. The molecule has 1 aliphatic rings. The minimum Gasteiger partial charge on any atom is -0.368 e. The zero-order chi connectivity index (χ0) is 13.9. The molecule has 0 bridgehead atoms. The fourth-order valence-electron chi connectivity index (χ4n) is 2.33. The van der Waals surface area contributed by atoms with Crippen LogP contribution in [0.1, 0.15) is 10.6 Å². The van der Waals surface area contributed by atoms with Gasteiger partial charge in [0.1, 0.15) is 0 Å². The standard InChI is InChI=1S/C13H16N6O/c14-13-15-11(16-17-13)12(20)19-8-6-18(7-9-19)10-4-2-1-3-5-10/h1-5H,6-9H2,(H3,14,15,16,17). The molecule has 3 N–H and O–H groups in total. The zero-order valence-corrected chi connectivity index (χ0v) is 11.0. The highest BCUT2D eigenvalue weighted by Gasteiger charge is 2.24. The number of hydrogen-bond donors (Lipinski definition) is 2. The van der Waals surface area contributed by atoms with Crippen LogP contribution < -0.4 is 10.6 Å². The number of benzene rings is 1. The maximum absolute atomic E-state index is 12.2. The van der Waals surface area contributed by atoms with E-state index in [0.717, 1.165) is 13.1 Å². The van der Waals surface area contributed by atoms with Gasteiger partial charge in [0, 0.05) is 31.9 Å². The Bertz CT molecular complexity index is 588. The molecule has 1 aromatic carbocycles. The lowest BCUT2D eigenvalue weighted by atomic mass is 10.2. The Kier molecular flexibility index (Phi) is 3.24. The number of amides is 1. The van der Waals surface area contributed by atoms with Gasteiger partial charge in [-0.05, 0) is 12.1 Å². The Morgan fingerprint density at radius 1 is 1.15 bits per heavy atom. The summed E-state index contributed by atoms with van der Waals surface area (Å²) >= 11 is 0. The summed E-state index contributed by atoms with van der Waals surface area (Å²) in [6.45, 7) is 2.93. The van der Waals surface area contributed by atoms with Crippen molar-refractivity contribution >= 4 is 17.5 Å². The van der Waals surface area contributed by atoms with E-state index < -0.39 is 0 Å². The number of piperazine rings is 1. The Balaban J connectivity index is 1.63. The van der Waals surface area contributed by atoms with Crippen LogP contribution in [0.3, 0.4) is 0 Å². The molecule has 1 saturated heterocycles. The number of hydrogen-bond acceptors (Lipinski definition) is 5. The third kappa shape index (κ3) is 2.42. The maximum atomic E-state index is 12.2.